The Morgan fingerprint density at radius 3 is 3.10 bits per heavy atom. The van der Waals surface area contributed by atoms with Gasteiger partial charge in [0.15, 0.2) is 0 Å². The van der Waals surface area contributed by atoms with Crippen molar-refractivity contribution >= 4 is 10.8 Å². The minimum atomic E-state index is -0.648. The van der Waals surface area contributed by atoms with Crippen LogP contribution in [0, 0.1) is 5.92 Å². The maximum atomic E-state index is 11.0. The van der Waals surface area contributed by atoms with Crippen molar-refractivity contribution in [1.82, 2.24) is 0 Å². The summed E-state index contributed by atoms with van der Waals surface area (Å²) in [7, 11) is -0.648. The van der Waals surface area contributed by atoms with E-state index in [0.717, 1.165) is 11.5 Å². The van der Waals surface area contributed by atoms with E-state index in [1.165, 1.54) is 0 Å². The monoisotopic (exact) mass is 160 g/mol. The van der Waals surface area contributed by atoms with Gasteiger partial charge in [-0.25, -0.2) is 0 Å². The van der Waals surface area contributed by atoms with Crippen LogP contribution in [0.4, 0.5) is 0 Å². The topological polar surface area (TPSA) is 26.3 Å². The van der Waals surface area contributed by atoms with E-state index in [-0.39, 0.29) is 0 Å². The zero-order valence-corrected chi connectivity index (χ0v) is 6.89. The molecule has 10 heavy (non-hydrogen) atoms. The third-order valence-electron chi connectivity index (χ3n) is 1.48. The lowest BCUT2D eigenvalue weighted by Crippen LogP contribution is -2.11. The fourth-order valence-corrected chi connectivity index (χ4v) is 1.78. The average Bonchev–Trinajstić information content (AvgIpc) is 2.40. The summed E-state index contributed by atoms with van der Waals surface area (Å²) >= 11 is 0. The summed E-state index contributed by atoms with van der Waals surface area (Å²) in [6.07, 6.45) is 3.67. The normalized spacial score (nSPS) is 26.3. The lowest BCUT2D eigenvalue weighted by atomic mass is 10.2. The highest BCUT2D eigenvalue weighted by Crippen LogP contribution is 2.09. The highest BCUT2D eigenvalue weighted by atomic mass is 32.2. The number of hydrogen-bond acceptors (Lipinski definition) is 2. The summed E-state index contributed by atoms with van der Waals surface area (Å²) in [5.74, 6) is 1.90. The zero-order valence-electron chi connectivity index (χ0n) is 6.08. The molecule has 2 atom stereocenters. The molecule has 0 aliphatic carbocycles. The van der Waals surface area contributed by atoms with Gasteiger partial charge in [-0.15, -0.1) is 0 Å². The van der Waals surface area contributed by atoms with Crippen LogP contribution in [0.25, 0.3) is 0 Å². The molecule has 0 aromatic carbocycles. The van der Waals surface area contributed by atoms with E-state index in [4.69, 9.17) is 4.74 Å². The summed E-state index contributed by atoms with van der Waals surface area (Å²) in [6, 6.07) is 0. The maximum Gasteiger partial charge on any atom is 0.0945 e. The van der Waals surface area contributed by atoms with Gasteiger partial charge in [-0.1, -0.05) is 6.92 Å². The lowest BCUT2D eigenvalue weighted by Gasteiger charge is -2.03. The van der Waals surface area contributed by atoms with Crippen molar-refractivity contribution in [3.8, 4) is 0 Å². The van der Waals surface area contributed by atoms with Crippen LogP contribution in [0.15, 0.2) is 12.3 Å². The molecule has 0 saturated carbocycles. The van der Waals surface area contributed by atoms with Gasteiger partial charge >= 0.3 is 0 Å². The summed E-state index contributed by atoms with van der Waals surface area (Å²) in [5, 5.41) is 0. The van der Waals surface area contributed by atoms with E-state index in [9.17, 15) is 4.21 Å². The van der Waals surface area contributed by atoms with Crippen molar-refractivity contribution in [2.75, 3.05) is 18.1 Å². The third-order valence-corrected chi connectivity index (χ3v) is 2.92. The molecule has 2 unspecified atom stereocenters. The van der Waals surface area contributed by atoms with E-state index < -0.39 is 10.8 Å². The number of ether oxygens (including phenoxy) is 1. The first-order valence-corrected chi connectivity index (χ1v) is 4.95. The second-order valence-corrected chi connectivity index (χ2v) is 4.11. The standard InChI is InChI=1S/C7H12O2S/c1-2-10(8)6-7-3-4-9-5-7/h3-4,7H,2,5-6H2,1H3. The molecule has 1 rings (SSSR count). The fraction of sp³-hybridized carbons (Fsp3) is 0.714. The predicted octanol–water partition coefficient (Wildman–Crippen LogP) is 0.915. The molecule has 0 aromatic heterocycles. The Labute approximate surface area is 63.7 Å². The molecule has 1 heterocycles. The van der Waals surface area contributed by atoms with Gasteiger partial charge in [0.25, 0.3) is 0 Å². The summed E-state index contributed by atoms with van der Waals surface area (Å²) in [5.41, 5.74) is 0. The van der Waals surface area contributed by atoms with Crippen molar-refractivity contribution in [3.63, 3.8) is 0 Å². The van der Waals surface area contributed by atoms with Crippen molar-refractivity contribution in [3.05, 3.63) is 12.3 Å². The van der Waals surface area contributed by atoms with Crippen molar-refractivity contribution < 1.29 is 8.95 Å². The van der Waals surface area contributed by atoms with Crippen LogP contribution in [0.3, 0.4) is 0 Å². The van der Waals surface area contributed by atoms with Gasteiger partial charge in [-0.05, 0) is 6.08 Å². The molecule has 0 bridgehead atoms. The summed E-state index contributed by atoms with van der Waals surface area (Å²) < 4.78 is 16.0. The maximum absolute atomic E-state index is 11.0. The highest BCUT2D eigenvalue weighted by Gasteiger charge is 2.12. The van der Waals surface area contributed by atoms with Crippen molar-refractivity contribution in [2.45, 2.75) is 6.92 Å². The molecule has 1 aliphatic rings. The molecule has 1 aliphatic heterocycles. The molecule has 0 saturated heterocycles. The Morgan fingerprint density at radius 1 is 1.80 bits per heavy atom. The molecule has 0 spiro atoms. The summed E-state index contributed by atoms with van der Waals surface area (Å²) in [6.45, 7) is 2.65. The Morgan fingerprint density at radius 2 is 2.60 bits per heavy atom. The highest BCUT2D eigenvalue weighted by molar-refractivity contribution is 7.84. The van der Waals surface area contributed by atoms with Gasteiger partial charge in [0.05, 0.1) is 12.9 Å². The third kappa shape index (κ3) is 2.14. The molecule has 2 nitrogen and oxygen atoms in total. The Bertz CT molecular complexity index is 154. The first kappa shape index (κ1) is 7.79. The van der Waals surface area contributed by atoms with E-state index in [1.807, 2.05) is 13.0 Å². The van der Waals surface area contributed by atoms with Gasteiger partial charge < -0.3 is 4.74 Å². The Hall–Kier alpha value is -0.310. The fourth-order valence-electron chi connectivity index (χ4n) is 0.862. The van der Waals surface area contributed by atoms with Gasteiger partial charge in [0.2, 0.25) is 0 Å². The molecule has 0 N–H and O–H groups in total. The van der Waals surface area contributed by atoms with Crippen molar-refractivity contribution in [1.29, 1.82) is 0 Å². The van der Waals surface area contributed by atoms with Crippen LogP contribution in [0.5, 0.6) is 0 Å². The molecule has 0 fully saturated rings. The van der Waals surface area contributed by atoms with Crippen LogP contribution in [0.2, 0.25) is 0 Å². The SMILES string of the molecule is CCS(=O)CC1C=COC1. The quantitative estimate of drug-likeness (QED) is 0.613. The first-order chi connectivity index (χ1) is 4.83. The van der Waals surface area contributed by atoms with E-state index in [2.05, 4.69) is 0 Å². The predicted molar refractivity (Wildman–Crippen MR) is 42.1 cm³/mol. The summed E-state index contributed by atoms with van der Waals surface area (Å²) in [4.78, 5) is 0. The van der Waals surface area contributed by atoms with Gasteiger partial charge in [0, 0.05) is 28.2 Å². The molecule has 0 radical (unpaired) electrons. The minimum absolute atomic E-state index is 0.390. The molecule has 3 heteroatoms. The zero-order chi connectivity index (χ0) is 7.40. The largest absolute Gasteiger partial charge is 0.501 e. The molecular formula is C7H12O2S. The van der Waals surface area contributed by atoms with Crippen LogP contribution < -0.4 is 0 Å². The lowest BCUT2D eigenvalue weighted by molar-refractivity contribution is 0.256. The average molecular weight is 160 g/mol. The first-order valence-electron chi connectivity index (χ1n) is 3.46. The van der Waals surface area contributed by atoms with Crippen LogP contribution in [0.1, 0.15) is 6.92 Å². The molecule has 0 aromatic rings. The number of rotatable bonds is 3. The minimum Gasteiger partial charge on any atom is -0.501 e. The van der Waals surface area contributed by atoms with E-state index in [1.54, 1.807) is 6.26 Å². The molecular weight excluding hydrogens is 148 g/mol. The van der Waals surface area contributed by atoms with E-state index >= 15 is 0 Å². The van der Waals surface area contributed by atoms with Gasteiger partial charge in [-0.2, -0.15) is 0 Å². The second-order valence-electron chi connectivity index (χ2n) is 2.32. The molecule has 0 amide bonds. The Kier molecular flexibility index (Phi) is 2.93. The van der Waals surface area contributed by atoms with Crippen LogP contribution in [-0.4, -0.2) is 22.3 Å². The van der Waals surface area contributed by atoms with Gasteiger partial charge in [-0.3, -0.25) is 4.21 Å². The van der Waals surface area contributed by atoms with Gasteiger partial charge in [0.1, 0.15) is 0 Å². The molecule has 58 valence electrons. The Balaban J connectivity index is 2.24. The van der Waals surface area contributed by atoms with E-state index in [0.29, 0.717) is 12.5 Å². The van der Waals surface area contributed by atoms with Crippen LogP contribution >= 0.6 is 0 Å². The van der Waals surface area contributed by atoms with Crippen molar-refractivity contribution in [2.24, 2.45) is 5.92 Å². The number of hydrogen-bond donors (Lipinski definition) is 0. The van der Waals surface area contributed by atoms with Crippen LogP contribution in [-0.2, 0) is 15.5 Å². The second kappa shape index (κ2) is 3.76. The smallest absolute Gasteiger partial charge is 0.0945 e.